The largest absolute Gasteiger partial charge is 0.454 e. The van der Waals surface area contributed by atoms with Gasteiger partial charge in [-0.3, -0.25) is 0 Å². The zero-order chi connectivity index (χ0) is 11.0. The van der Waals surface area contributed by atoms with Crippen LogP contribution >= 0.6 is 0 Å². The van der Waals surface area contributed by atoms with E-state index >= 15 is 0 Å². The Bertz CT molecular complexity index is 403. The molecule has 3 rings (SSSR count). The van der Waals surface area contributed by atoms with Crippen molar-refractivity contribution < 1.29 is 9.47 Å². The number of rotatable bonds is 2. The molecule has 86 valence electrons. The van der Waals surface area contributed by atoms with Crippen LogP contribution in [-0.4, -0.2) is 19.4 Å². The van der Waals surface area contributed by atoms with Crippen molar-refractivity contribution in [2.75, 3.05) is 13.3 Å². The van der Waals surface area contributed by atoms with Crippen LogP contribution in [0.3, 0.4) is 0 Å². The molecule has 0 aromatic heterocycles. The molecule has 1 atom stereocenters. The molecule has 2 aliphatic rings. The fourth-order valence-corrected chi connectivity index (χ4v) is 2.61. The van der Waals surface area contributed by atoms with E-state index in [1.54, 1.807) is 0 Å². The Kier molecular flexibility index (Phi) is 2.48. The standard InChI is InChI=1S/C13H17NO2/c1-2-14-11-4-3-9-6-12-13(16-8-15-12)7-10(9)5-11/h6-7,11,14H,2-5,8H2,1H3. The molecule has 1 aromatic rings. The van der Waals surface area contributed by atoms with Crippen LogP contribution in [0.1, 0.15) is 24.5 Å². The normalized spacial score (nSPS) is 21.9. The maximum atomic E-state index is 5.42. The Morgan fingerprint density at radius 2 is 2.00 bits per heavy atom. The average molecular weight is 219 g/mol. The van der Waals surface area contributed by atoms with Gasteiger partial charge in [-0.15, -0.1) is 0 Å². The first-order valence-corrected chi connectivity index (χ1v) is 6.01. The molecule has 3 nitrogen and oxygen atoms in total. The van der Waals surface area contributed by atoms with Crippen molar-refractivity contribution in [1.29, 1.82) is 0 Å². The molecule has 1 unspecified atom stereocenters. The van der Waals surface area contributed by atoms with Crippen LogP contribution in [0.25, 0.3) is 0 Å². The number of hydrogen-bond donors (Lipinski definition) is 1. The Morgan fingerprint density at radius 3 is 2.75 bits per heavy atom. The molecule has 0 radical (unpaired) electrons. The summed E-state index contributed by atoms with van der Waals surface area (Å²) in [6.45, 7) is 3.58. The predicted molar refractivity (Wildman–Crippen MR) is 62.1 cm³/mol. The first-order valence-electron chi connectivity index (χ1n) is 6.01. The van der Waals surface area contributed by atoms with Gasteiger partial charge in [-0.2, -0.15) is 0 Å². The van der Waals surface area contributed by atoms with Crippen molar-refractivity contribution in [3.8, 4) is 11.5 Å². The van der Waals surface area contributed by atoms with E-state index in [-0.39, 0.29) is 0 Å². The van der Waals surface area contributed by atoms with E-state index < -0.39 is 0 Å². The highest BCUT2D eigenvalue weighted by Crippen LogP contribution is 2.37. The molecule has 3 heteroatoms. The van der Waals surface area contributed by atoms with Crippen LogP contribution < -0.4 is 14.8 Å². The first kappa shape index (κ1) is 9.97. The maximum absolute atomic E-state index is 5.42. The number of benzene rings is 1. The minimum absolute atomic E-state index is 0.370. The minimum atomic E-state index is 0.370. The molecule has 0 saturated carbocycles. The van der Waals surface area contributed by atoms with E-state index in [4.69, 9.17) is 9.47 Å². The number of ether oxygens (including phenoxy) is 2. The third-order valence-corrected chi connectivity index (χ3v) is 3.42. The van der Waals surface area contributed by atoms with Gasteiger partial charge in [-0.05, 0) is 49.1 Å². The van der Waals surface area contributed by atoms with Gasteiger partial charge in [-0.25, -0.2) is 0 Å². The topological polar surface area (TPSA) is 30.5 Å². The zero-order valence-corrected chi connectivity index (χ0v) is 9.58. The number of nitrogens with one attached hydrogen (secondary N) is 1. The lowest BCUT2D eigenvalue weighted by atomic mass is 9.88. The summed E-state index contributed by atoms with van der Waals surface area (Å²) in [5, 5.41) is 3.52. The van der Waals surface area contributed by atoms with Crippen molar-refractivity contribution >= 4 is 0 Å². The Balaban J connectivity index is 1.87. The number of likely N-dealkylation sites (N-methyl/N-ethyl adjacent to an activating group) is 1. The lowest BCUT2D eigenvalue weighted by Crippen LogP contribution is -2.34. The smallest absolute Gasteiger partial charge is 0.231 e. The molecule has 1 N–H and O–H groups in total. The second-order valence-corrected chi connectivity index (χ2v) is 4.47. The van der Waals surface area contributed by atoms with Gasteiger partial charge in [0.05, 0.1) is 0 Å². The van der Waals surface area contributed by atoms with Crippen molar-refractivity contribution in [3.63, 3.8) is 0 Å². The van der Waals surface area contributed by atoms with Crippen LogP contribution in [0.15, 0.2) is 12.1 Å². The summed E-state index contributed by atoms with van der Waals surface area (Å²) in [6.07, 6.45) is 3.48. The minimum Gasteiger partial charge on any atom is -0.454 e. The van der Waals surface area contributed by atoms with Crippen molar-refractivity contribution in [2.45, 2.75) is 32.2 Å². The summed E-state index contributed by atoms with van der Waals surface area (Å²) in [6, 6.07) is 4.93. The van der Waals surface area contributed by atoms with Gasteiger partial charge < -0.3 is 14.8 Å². The van der Waals surface area contributed by atoms with E-state index in [0.717, 1.165) is 30.9 Å². The van der Waals surface area contributed by atoms with Gasteiger partial charge in [0.15, 0.2) is 11.5 Å². The lowest BCUT2D eigenvalue weighted by Gasteiger charge is -2.25. The van der Waals surface area contributed by atoms with Crippen LogP contribution in [0.4, 0.5) is 0 Å². The SMILES string of the molecule is CCNC1CCc2cc3c(cc2C1)OCO3. The lowest BCUT2D eigenvalue weighted by molar-refractivity contribution is 0.174. The molecule has 1 heterocycles. The fraction of sp³-hybridized carbons (Fsp3) is 0.538. The van der Waals surface area contributed by atoms with Gasteiger partial charge in [0, 0.05) is 6.04 Å². The van der Waals surface area contributed by atoms with Crippen LogP contribution in [0.2, 0.25) is 0 Å². The maximum Gasteiger partial charge on any atom is 0.231 e. The molecule has 1 aliphatic heterocycles. The number of fused-ring (bicyclic) bond motifs is 2. The third kappa shape index (κ3) is 1.65. The summed E-state index contributed by atoms with van der Waals surface area (Å²) < 4.78 is 10.8. The molecule has 0 fully saturated rings. The zero-order valence-electron chi connectivity index (χ0n) is 9.58. The molecule has 16 heavy (non-hydrogen) atoms. The van der Waals surface area contributed by atoms with Crippen molar-refractivity contribution in [1.82, 2.24) is 5.32 Å². The molecular weight excluding hydrogens is 202 g/mol. The Morgan fingerprint density at radius 1 is 1.25 bits per heavy atom. The Hall–Kier alpha value is -1.22. The summed E-state index contributed by atoms with van der Waals surface area (Å²) in [5.74, 6) is 1.83. The molecule has 0 saturated heterocycles. The molecule has 0 amide bonds. The van der Waals surface area contributed by atoms with Crippen molar-refractivity contribution in [3.05, 3.63) is 23.3 Å². The van der Waals surface area contributed by atoms with Crippen molar-refractivity contribution in [2.24, 2.45) is 0 Å². The van der Waals surface area contributed by atoms with Crippen LogP contribution in [-0.2, 0) is 12.8 Å². The van der Waals surface area contributed by atoms with E-state index in [1.807, 2.05) is 0 Å². The van der Waals surface area contributed by atoms with Gasteiger partial charge >= 0.3 is 0 Å². The molecule has 1 aliphatic carbocycles. The van der Waals surface area contributed by atoms with E-state index in [0.29, 0.717) is 12.8 Å². The summed E-state index contributed by atoms with van der Waals surface area (Å²) in [4.78, 5) is 0. The van der Waals surface area contributed by atoms with E-state index in [1.165, 1.54) is 17.5 Å². The highest BCUT2D eigenvalue weighted by atomic mass is 16.7. The quantitative estimate of drug-likeness (QED) is 0.824. The van der Waals surface area contributed by atoms with E-state index in [9.17, 15) is 0 Å². The van der Waals surface area contributed by atoms with Gasteiger partial charge in [0.25, 0.3) is 0 Å². The summed E-state index contributed by atoms with van der Waals surface area (Å²) >= 11 is 0. The fourth-order valence-electron chi connectivity index (χ4n) is 2.61. The monoisotopic (exact) mass is 219 g/mol. The van der Waals surface area contributed by atoms with E-state index in [2.05, 4.69) is 24.4 Å². The highest BCUT2D eigenvalue weighted by Gasteiger charge is 2.22. The highest BCUT2D eigenvalue weighted by molar-refractivity contribution is 5.49. The van der Waals surface area contributed by atoms with Crippen LogP contribution in [0.5, 0.6) is 11.5 Å². The van der Waals surface area contributed by atoms with Gasteiger partial charge in [-0.1, -0.05) is 6.92 Å². The predicted octanol–water partition coefficient (Wildman–Crippen LogP) is 1.88. The summed E-state index contributed by atoms with van der Waals surface area (Å²) in [7, 11) is 0. The number of aryl methyl sites for hydroxylation is 1. The first-order chi connectivity index (χ1) is 7.86. The second kappa shape index (κ2) is 3.98. The second-order valence-electron chi connectivity index (χ2n) is 4.47. The molecule has 0 bridgehead atoms. The summed E-state index contributed by atoms with van der Waals surface area (Å²) in [5.41, 5.74) is 2.85. The average Bonchev–Trinajstić information content (AvgIpc) is 2.73. The Labute approximate surface area is 95.8 Å². The third-order valence-electron chi connectivity index (χ3n) is 3.42. The molecule has 0 spiro atoms. The van der Waals surface area contributed by atoms with Gasteiger partial charge in [0.1, 0.15) is 0 Å². The van der Waals surface area contributed by atoms with Crippen LogP contribution in [0, 0.1) is 0 Å². The van der Waals surface area contributed by atoms with Gasteiger partial charge in [0.2, 0.25) is 6.79 Å². The molecular formula is C13H17NO2. The number of hydrogen-bond acceptors (Lipinski definition) is 3. The molecule has 1 aromatic carbocycles.